The summed E-state index contributed by atoms with van der Waals surface area (Å²) in [5.74, 6) is -0.217. The molecule has 1 atom stereocenters. The Morgan fingerprint density at radius 2 is 2.20 bits per heavy atom. The molecule has 25 heavy (non-hydrogen) atoms. The molecule has 7 heteroatoms. The molecule has 5 nitrogen and oxygen atoms in total. The summed E-state index contributed by atoms with van der Waals surface area (Å²) in [6, 6.07) is 9.25. The lowest BCUT2D eigenvalue weighted by atomic mass is 10.2. The van der Waals surface area contributed by atoms with Crippen LogP contribution in [-0.4, -0.2) is 34.3 Å². The molecule has 2 aromatic heterocycles. The van der Waals surface area contributed by atoms with E-state index >= 15 is 0 Å². The zero-order valence-electron chi connectivity index (χ0n) is 13.7. The van der Waals surface area contributed by atoms with E-state index in [4.69, 9.17) is 0 Å². The molecule has 4 rings (SSSR count). The Labute approximate surface area is 153 Å². The lowest BCUT2D eigenvalue weighted by molar-refractivity contribution is -0.119. The predicted molar refractivity (Wildman–Crippen MR) is 101 cm³/mol. The van der Waals surface area contributed by atoms with Crippen molar-refractivity contribution in [1.82, 2.24) is 9.88 Å². The zero-order valence-corrected chi connectivity index (χ0v) is 15.3. The Morgan fingerprint density at radius 3 is 3.00 bits per heavy atom. The number of carbonyl (C=O) groups is 2. The van der Waals surface area contributed by atoms with Crippen LogP contribution in [0.4, 0.5) is 5.13 Å². The second kappa shape index (κ2) is 6.57. The van der Waals surface area contributed by atoms with Crippen LogP contribution in [0.15, 0.2) is 35.7 Å². The second-order valence-electron chi connectivity index (χ2n) is 6.11. The Balaban J connectivity index is 1.52. The summed E-state index contributed by atoms with van der Waals surface area (Å²) < 4.78 is 1.05. The van der Waals surface area contributed by atoms with Crippen LogP contribution in [0, 0.1) is 6.92 Å². The number of anilines is 1. The van der Waals surface area contributed by atoms with Gasteiger partial charge in [0.2, 0.25) is 5.91 Å². The minimum absolute atomic E-state index is 0.0624. The van der Waals surface area contributed by atoms with Crippen LogP contribution in [-0.2, 0) is 4.79 Å². The highest BCUT2D eigenvalue weighted by Crippen LogP contribution is 2.28. The van der Waals surface area contributed by atoms with Crippen molar-refractivity contribution in [2.45, 2.75) is 25.8 Å². The van der Waals surface area contributed by atoms with Crippen LogP contribution >= 0.6 is 22.7 Å². The number of hydrogen-bond acceptors (Lipinski definition) is 5. The SMILES string of the molecule is Cc1ccc2nc(NC(=O)C3CCCN3C(=O)c3cccs3)sc2c1. The zero-order chi connectivity index (χ0) is 17.4. The van der Waals surface area contributed by atoms with Crippen molar-refractivity contribution in [3.8, 4) is 0 Å². The van der Waals surface area contributed by atoms with Crippen LogP contribution < -0.4 is 5.32 Å². The average Bonchev–Trinajstić information content (AvgIpc) is 3.33. The molecule has 1 aromatic carbocycles. The quantitative estimate of drug-likeness (QED) is 0.759. The maximum Gasteiger partial charge on any atom is 0.264 e. The number of carbonyl (C=O) groups excluding carboxylic acids is 2. The van der Waals surface area contributed by atoms with Crippen molar-refractivity contribution < 1.29 is 9.59 Å². The number of nitrogens with zero attached hydrogens (tertiary/aromatic N) is 2. The van der Waals surface area contributed by atoms with E-state index in [1.807, 2.05) is 30.5 Å². The minimum atomic E-state index is -0.427. The first-order valence-corrected chi connectivity index (χ1v) is 9.84. The van der Waals surface area contributed by atoms with E-state index in [9.17, 15) is 9.59 Å². The van der Waals surface area contributed by atoms with Crippen LogP contribution in [0.5, 0.6) is 0 Å². The topological polar surface area (TPSA) is 62.3 Å². The third-order valence-corrected chi connectivity index (χ3v) is 6.11. The van der Waals surface area contributed by atoms with Crippen LogP contribution in [0.2, 0.25) is 0 Å². The smallest absolute Gasteiger partial charge is 0.264 e. The molecule has 1 unspecified atom stereocenters. The van der Waals surface area contributed by atoms with Gasteiger partial charge in [0.1, 0.15) is 6.04 Å². The fourth-order valence-electron chi connectivity index (χ4n) is 3.10. The number of fused-ring (bicyclic) bond motifs is 1. The van der Waals surface area contributed by atoms with Gasteiger partial charge in [-0.15, -0.1) is 11.3 Å². The summed E-state index contributed by atoms with van der Waals surface area (Å²) in [6.45, 7) is 2.65. The first-order valence-electron chi connectivity index (χ1n) is 8.14. The predicted octanol–water partition coefficient (Wildman–Crippen LogP) is 3.91. The molecule has 1 aliphatic heterocycles. The first kappa shape index (κ1) is 16.2. The largest absolute Gasteiger partial charge is 0.326 e. The highest BCUT2D eigenvalue weighted by atomic mass is 32.1. The monoisotopic (exact) mass is 371 g/mol. The molecule has 3 aromatic rings. The molecule has 2 amide bonds. The molecular weight excluding hydrogens is 354 g/mol. The molecule has 0 radical (unpaired) electrons. The number of aromatic nitrogens is 1. The van der Waals surface area contributed by atoms with E-state index in [1.54, 1.807) is 11.0 Å². The highest BCUT2D eigenvalue weighted by Gasteiger charge is 2.35. The summed E-state index contributed by atoms with van der Waals surface area (Å²) in [4.78, 5) is 32.1. The average molecular weight is 371 g/mol. The maximum absolute atomic E-state index is 12.7. The number of thiazole rings is 1. The van der Waals surface area contributed by atoms with Gasteiger partial charge in [0.25, 0.3) is 5.91 Å². The van der Waals surface area contributed by atoms with Gasteiger partial charge in [-0.05, 0) is 48.9 Å². The summed E-state index contributed by atoms with van der Waals surface area (Å²) in [5.41, 5.74) is 2.04. The fraction of sp³-hybridized carbons (Fsp3) is 0.278. The summed E-state index contributed by atoms with van der Waals surface area (Å²) >= 11 is 2.87. The van der Waals surface area contributed by atoms with Gasteiger partial charge >= 0.3 is 0 Å². The van der Waals surface area contributed by atoms with Gasteiger partial charge in [-0.25, -0.2) is 4.98 Å². The number of aryl methyl sites for hydroxylation is 1. The van der Waals surface area contributed by atoms with Crippen molar-refractivity contribution in [2.75, 3.05) is 11.9 Å². The van der Waals surface area contributed by atoms with Gasteiger partial charge in [0.15, 0.2) is 5.13 Å². The number of likely N-dealkylation sites (tertiary alicyclic amines) is 1. The number of nitrogens with one attached hydrogen (secondary N) is 1. The summed E-state index contributed by atoms with van der Waals surface area (Å²) in [6.07, 6.45) is 1.53. The van der Waals surface area contributed by atoms with Crippen LogP contribution in [0.3, 0.4) is 0 Å². The Bertz CT molecular complexity index is 933. The Hall–Kier alpha value is -2.25. The van der Waals surface area contributed by atoms with Crippen molar-refractivity contribution in [3.63, 3.8) is 0 Å². The Morgan fingerprint density at radius 1 is 1.32 bits per heavy atom. The van der Waals surface area contributed by atoms with Gasteiger partial charge < -0.3 is 10.2 Å². The molecule has 0 aliphatic carbocycles. The third-order valence-electron chi connectivity index (χ3n) is 4.32. The van der Waals surface area contributed by atoms with Gasteiger partial charge in [0, 0.05) is 6.54 Å². The number of benzene rings is 1. The fourth-order valence-corrected chi connectivity index (χ4v) is 4.74. The van der Waals surface area contributed by atoms with Crippen LogP contribution in [0.25, 0.3) is 10.2 Å². The summed E-state index contributed by atoms with van der Waals surface area (Å²) in [5, 5.41) is 5.36. The molecule has 128 valence electrons. The maximum atomic E-state index is 12.7. The van der Waals surface area contributed by atoms with E-state index in [0.717, 1.165) is 22.2 Å². The standard InChI is InChI=1S/C18H17N3O2S2/c1-11-6-7-12-15(10-11)25-18(19-12)20-16(22)13-4-2-8-21(13)17(23)14-5-3-9-24-14/h3,5-7,9-10,13H,2,4,8H2,1H3,(H,19,20,22). The van der Waals surface area contributed by atoms with Crippen molar-refractivity contribution in [3.05, 3.63) is 46.2 Å². The van der Waals surface area contributed by atoms with Gasteiger partial charge in [-0.1, -0.05) is 23.5 Å². The molecule has 1 fully saturated rings. The first-order chi connectivity index (χ1) is 12.1. The van der Waals surface area contributed by atoms with E-state index in [2.05, 4.69) is 16.4 Å². The summed E-state index contributed by atoms with van der Waals surface area (Å²) in [7, 11) is 0. The molecule has 1 aliphatic rings. The lowest BCUT2D eigenvalue weighted by Gasteiger charge is -2.22. The van der Waals surface area contributed by atoms with E-state index < -0.39 is 6.04 Å². The van der Waals surface area contributed by atoms with E-state index in [1.165, 1.54) is 22.7 Å². The van der Waals surface area contributed by atoms with Crippen molar-refractivity contribution in [1.29, 1.82) is 0 Å². The van der Waals surface area contributed by atoms with Gasteiger partial charge in [0.05, 0.1) is 15.1 Å². The normalized spacial score (nSPS) is 17.2. The second-order valence-corrected chi connectivity index (χ2v) is 8.09. The van der Waals surface area contributed by atoms with Crippen LogP contribution in [0.1, 0.15) is 28.1 Å². The number of rotatable bonds is 3. The Kier molecular flexibility index (Phi) is 4.27. The molecular formula is C18H17N3O2S2. The lowest BCUT2D eigenvalue weighted by Crippen LogP contribution is -2.42. The van der Waals surface area contributed by atoms with Crippen molar-refractivity contribution in [2.24, 2.45) is 0 Å². The number of hydrogen-bond donors (Lipinski definition) is 1. The molecule has 0 saturated carbocycles. The van der Waals surface area contributed by atoms with Gasteiger partial charge in [-0.3, -0.25) is 9.59 Å². The minimum Gasteiger partial charge on any atom is -0.326 e. The number of thiophene rings is 1. The van der Waals surface area contributed by atoms with E-state index in [-0.39, 0.29) is 11.8 Å². The van der Waals surface area contributed by atoms with Gasteiger partial charge in [-0.2, -0.15) is 0 Å². The van der Waals surface area contributed by atoms with E-state index in [0.29, 0.717) is 23.0 Å². The number of amides is 2. The molecule has 0 spiro atoms. The van der Waals surface area contributed by atoms with Crippen molar-refractivity contribution >= 4 is 49.8 Å². The molecule has 3 heterocycles. The molecule has 1 saturated heterocycles. The highest BCUT2D eigenvalue weighted by molar-refractivity contribution is 7.22. The molecule has 1 N–H and O–H groups in total. The molecule has 0 bridgehead atoms. The third kappa shape index (κ3) is 3.17.